The maximum atomic E-state index is 5.26. The average Bonchev–Trinajstić information content (AvgIpc) is 2.42. The summed E-state index contributed by atoms with van der Waals surface area (Å²) >= 11 is 0. The van der Waals surface area contributed by atoms with Crippen molar-refractivity contribution in [3.8, 4) is 0 Å². The summed E-state index contributed by atoms with van der Waals surface area (Å²) in [6.07, 6.45) is 0. The second kappa shape index (κ2) is 2.70. The van der Waals surface area contributed by atoms with Crippen LogP contribution in [0.25, 0.3) is 11.0 Å². The van der Waals surface area contributed by atoms with E-state index in [9.17, 15) is 0 Å². The van der Waals surface area contributed by atoms with Crippen LogP contribution in [0.2, 0.25) is 0 Å². The smallest absolute Gasteiger partial charge is 0.160 e. The second-order valence-electron chi connectivity index (χ2n) is 2.92. The van der Waals surface area contributed by atoms with Crippen LogP contribution in [0, 0.1) is 6.92 Å². The van der Waals surface area contributed by atoms with Gasteiger partial charge in [0, 0.05) is 12.4 Å². The monoisotopic (exact) mass is 177 g/mol. The number of fused-ring (bicyclic) bond motifs is 1. The fourth-order valence-corrected chi connectivity index (χ4v) is 1.38. The first kappa shape index (κ1) is 8.00. The summed E-state index contributed by atoms with van der Waals surface area (Å²) in [5.41, 5.74) is 4.32. The normalized spacial score (nSPS) is 10.7. The van der Waals surface area contributed by atoms with Gasteiger partial charge >= 0.3 is 0 Å². The summed E-state index contributed by atoms with van der Waals surface area (Å²) in [5, 5.41) is 5.31. The van der Waals surface area contributed by atoms with E-state index >= 15 is 0 Å². The Morgan fingerprint density at radius 2 is 2.23 bits per heavy atom. The van der Waals surface area contributed by atoms with Gasteiger partial charge in [0.1, 0.15) is 5.82 Å². The number of nitrogens with two attached hydrogens (primary N) is 1. The number of aryl methyl sites for hydroxylation is 2. The minimum atomic E-state index is 0.649. The largest absolute Gasteiger partial charge is 0.308 e. The highest BCUT2D eigenvalue weighted by atomic mass is 15.3. The van der Waals surface area contributed by atoms with Gasteiger partial charge in [-0.2, -0.15) is 5.10 Å². The molecular weight excluding hydrogens is 166 g/mol. The van der Waals surface area contributed by atoms with Crippen LogP contribution in [0.15, 0.2) is 12.1 Å². The zero-order chi connectivity index (χ0) is 9.42. The van der Waals surface area contributed by atoms with Gasteiger partial charge in [-0.05, 0) is 19.1 Å². The predicted molar refractivity (Wildman–Crippen MR) is 51.1 cm³/mol. The van der Waals surface area contributed by atoms with E-state index in [-0.39, 0.29) is 0 Å². The number of hydrogen-bond donors (Lipinski definition) is 2. The topological polar surface area (TPSA) is 68.8 Å². The van der Waals surface area contributed by atoms with E-state index < -0.39 is 0 Å². The molecule has 0 bridgehead atoms. The molecule has 0 saturated heterocycles. The number of nitrogens with one attached hydrogen (secondary N) is 1. The molecule has 0 spiro atoms. The van der Waals surface area contributed by atoms with Crippen molar-refractivity contribution in [3.63, 3.8) is 0 Å². The first-order valence-electron chi connectivity index (χ1n) is 3.99. The molecule has 0 amide bonds. The highest BCUT2D eigenvalue weighted by Crippen LogP contribution is 2.16. The third-order valence-corrected chi connectivity index (χ3v) is 2.02. The van der Waals surface area contributed by atoms with Crippen molar-refractivity contribution in [1.29, 1.82) is 0 Å². The predicted octanol–water partition coefficient (Wildman–Crippen LogP) is 0.562. The molecule has 5 heteroatoms. The molecule has 0 fully saturated rings. The third-order valence-electron chi connectivity index (χ3n) is 2.02. The molecular formula is C8H11N5. The Hall–Kier alpha value is -1.62. The summed E-state index contributed by atoms with van der Waals surface area (Å²) < 4.78 is 1.74. The van der Waals surface area contributed by atoms with Gasteiger partial charge in [0.05, 0.1) is 5.69 Å². The Morgan fingerprint density at radius 3 is 2.92 bits per heavy atom. The van der Waals surface area contributed by atoms with Gasteiger partial charge in [0.25, 0.3) is 0 Å². The number of hydrogen-bond acceptors (Lipinski definition) is 4. The van der Waals surface area contributed by atoms with Crippen LogP contribution < -0.4 is 11.3 Å². The molecule has 0 atom stereocenters. The molecule has 68 valence electrons. The van der Waals surface area contributed by atoms with E-state index in [2.05, 4.69) is 15.5 Å². The quantitative estimate of drug-likeness (QED) is 0.493. The summed E-state index contributed by atoms with van der Waals surface area (Å²) in [7, 11) is 1.86. The molecule has 0 aliphatic rings. The van der Waals surface area contributed by atoms with E-state index in [0.29, 0.717) is 5.82 Å². The van der Waals surface area contributed by atoms with Crippen LogP contribution in [0.3, 0.4) is 0 Å². The Morgan fingerprint density at radius 1 is 1.46 bits per heavy atom. The molecule has 0 saturated carbocycles. The number of hydrazine groups is 1. The SMILES string of the molecule is Cc1nn(C)c2nc(NN)ccc12. The number of aromatic nitrogens is 3. The van der Waals surface area contributed by atoms with E-state index in [0.717, 1.165) is 16.7 Å². The van der Waals surface area contributed by atoms with Gasteiger partial charge in [-0.1, -0.05) is 0 Å². The van der Waals surface area contributed by atoms with Gasteiger partial charge in [0.2, 0.25) is 0 Å². The molecule has 0 radical (unpaired) electrons. The van der Waals surface area contributed by atoms with E-state index in [1.54, 1.807) is 4.68 Å². The molecule has 2 heterocycles. The molecule has 0 unspecified atom stereocenters. The molecule has 5 nitrogen and oxygen atoms in total. The third kappa shape index (κ3) is 1.13. The van der Waals surface area contributed by atoms with Crippen LogP contribution in [0.5, 0.6) is 0 Å². The lowest BCUT2D eigenvalue weighted by Crippen LogP contribution is -2.08. The molecule has 3 N–H and O–H groups in total. The van der Waals surface area contributed by atoms with Gasteiger partial charge < -0.3 is 5.43 Å². The maximum Gasteiger partial charge on any atom is 0.160 e. The Labute approximate surface area is 75.5 Å². The van der Waals surface area contributed by atoms with Crippen molar-refractivity contribution in [1.82, 2.24) is 14.8 Å². The Kier molecular flexibility index (Phi) is 1.66. The molecule has 0 aromatic carbocycles. The summed E-state index contributed by atoms with van der Waals surface area (Å²) in [6.45, 7) is 1.96. The highest BCUT2D eigenvalue weighted by molar-refractivity contribution is 5.79. The first-order chi connectivity index (χ1) is 6.22. The minimum absolute atomic E-state index is 0.649. The second-order valence-corrected chi connectivity index (χ2v) is 2.92. The number of nitrogen functional groups attached to an aromatic ring is 1. The molecule has 13 heavy (non-hydrogen) atoms. The van der Waals surface area contributed by atoms with E-state index in [1.165, 1.54) is 0 Å². The number of rotatable bonds is 1. The first-order valence-corrected chi connectivity index (χ1v) is 3.99. The van der Waals surface area contributed by atoms with Gasteiger partial charge in [-0.25, -0.2) is 10.8 Å². The van der Waals surface area contributed by atoms with Crippen LogP contribution in [0.4, 0.5) is 5.82 Å². The number of nitrogens with zero attached hydrogens (tertiary/aromatic N) is 3. The molecule has 0 aliphatic heterocycles. The zero-order valence-corrected chi connectivity index (χ0v) is 7.57. The molecule has 2 aromatic rings. The zero-order valence-electron chi connectivity index (χ0n) is 7.57. The maximum absolute atomic E-state index is 5.26. The summed E-state index contributed by atoms with van der Waals surface area (Å²) in [4.78, 5) is 4.28. The van der Waals surface area contributed by atoms with Gasteiger partial charge in [0.15, 0.2) is 5.65 Å². The molecule has 0 aliphatic carbocycles. The van der Waals surface area contributed by atoms with Gasteiger partial charge in [-0.3, -0.25) is 4.68 Å². The Balaban J connectivity index is 2.76. The van der Waals surface area contributed by atoms with Crippen molar-refractivity contribution in [2.45, 2.75) is 6.92 Å². The van der Waals surface area contributed by atoms with Crippen molar-refractivity contribution >= 4 is 16.9 Å². The average molecular weight is 177 g/mol. The van der Waals surface area contributed by atoms with Crippen molar-refractivity contribution in [2.75, 3.05) is 5.43 Å². The lowest BCUT2D eigenvalue weighted by Gasteiger charge is -1.98. The lowest BCUT2D eigenvalue weighted by molar-refractivity contribution is 0.774. The molecule has 2 rings (SSSR count). The standard InChI is InChI=1S/C8H11N5/c1-5-6-3-4-7(11-9)10-8(6)13(2)12-5/h3-4H,9H2,1-2H3,(H,10,11). The van der Waals surface area contributed by atoms with E-state index in [1.807, 2.05) is 26.1 Å². The fourth-order valence-electron chi connectivity index (χ4n) is 1.38. The minimum Gasteiger partial charge on any atom is -0.308 e. The lowest BCUT2D eigenvalue weighted by atomic mass is 10.3. The van der Waals surface area contributed by atoms with Gasteiger partial charge in [-0.15, -0.1) is 0 Å². The van der Waals surface area contributed by atoms with E-state index in [4.69, 9.17) is 5.84 Å². The highest BCUT2D eigenvalue weighted by Gasteiger charge is 2.05. The van der Waals surface area contributed by atoms with Crippen molar-refractivity contribution < 1.29 is 0 Å². The van der Waals surface area contributed by atoms with Crippen LogP contribution >= 0.6 is 0 Å². The van der Waals surface area contributed by atoms with Crippen LogP contribution in [-0.4, -0.2) is 14.8 Å². The summed E-state index contributed by atoms with van der Waals surface area (Å²) in [5.74, 6) is 5.90. The number of pyridine rings is 1. The Bertz CT molecular complexity index is 445. The summed E-state index contributed by atoms with van der Waals surface area (Å²) in [6, 6.07) is 3.79. The molecule has 2 aromatic heterocycles. The fraction of sp³-hybridized carbons (Fsp3) is 0.250. The van der Waals surface area contributed by atoms with Crippen molar-refractivity contribution in [2.24, 2.45) is 12.9 Å². The van der Waals surface area contributed by atoms with Crippen LogP contribution in [-0.2, 0) is 7.05 Å². The van der Waals surface area contributed by atoms with Crippen LogP contribution in [0.1, 0.15) is 5.69 Å². The number of anilines is 1. The van der Waals surface area contributed by atoms with Crippen molar-refractivity contribution in [3.05, 3.63) is 17.8 Å².